The molecule has 114 valence electrons. The van der Waals surface area contributed by atoms with Crippen LogP contribution < -0.4 is 5.32 Å². The van der Waals surface area contributed by atoms with Gasteiger partial charge in [0.1, 0.15) is 6.04 Å². The molecule has 7 heteroatoms. The number of aliphatic carboxylic acids is 1. The molecule has 2 N–H and O–H groups in total. The summed E-state index contributed by atoms with van der Waals surface area (Å²) in [6, 6.07) is 2.66. The van der Waals surface area contributed by atoms with Gasteiger partial charge in [0.25, 0.3) is 0 Å². The van der Waals surface area contributed by atoms with Gasteiger partial charge in [0.05, 0.1) is 17.6 Å². The van der Waals surface area contributed by atoms with E-state index in [1.54, 1.807) is 6.20 Å². The lowest BCUT2D eigenvalue weighted by Gasteiger charge is -2.26. The average molecular weight is 309 g/mol. The van der Waals surface area contributed by atoms with Crippen molar-refractivity contribution in [2.24, 2.45) is 0 Å². The number of amides is 2. The zero-order valence-electron chi connectivity index (χ0n) is 12.1. The zero-order chi connectivity index (χ0) is 15.4. The van der Waals surface area contributed by atoms with Crippen LogP contribution in [-0.4, -0.2) is 44.2 Å². The molecule has 1 aliphatic rings. The third-order valence-corrected chi connectivity index (χ3v) is 4.94. The van der Waals surface area contributed by atoms with Crippen molar-refractivity contribution < 1.29 is 14.7 Å². The number of urea groups is 1. The molecule has 2 amide bonds. The topological polar surface area (TPSA) is 82.5 Å². The van der Waals surface area contributed by atoms with Crippen LogP contribution in [0.15, 0.2) is 18.3 Å². The molecule has 0 aromatic carbocycles. The number of nitrogens with zero attached hydrogens (tertiary/aromatic N) is 2. The Morgan fingerprint density at radius 1 is 1.57 bits per heavy atom. The smallest absolute Gasteiger partial charge is 0.327 e. The first-order chi connectivity index (χ1) is 10.0. The van der Waals surface area contributed by atoms with Crippen molar-refractivity contribution in [3.05, 3.63) is 29.6 Å². The van der Waals surface area contributed by atoms with Gasteiger partial charge in [0.15, 0.2) is 0 Å². The summed E-state index contributed by atoms with van der Waals surface area (Å²) in [4.78, 5) is 29.2. The predicted molar refractivity (Wildman–Crippen MR) is 81.0 cm³/mol. The molecule has 0 bridgehead atoms. The number of rotatable bonds is 4. The minimum absolute atomic E-state index is 0.0871. The van der Waals surface area contributed by atoms with E-state index in [1.165, 1.54) is 16.7 Å². The first kappa shape index (κ1) is 15.6. The van der Waals surface area contributed by atoms with E-state index in [-0.39, 0.29) is 11.4 Å². The van der Waals surface area contributed by atoms with Crippen LogP contribution in [-0.2, 0) is 11.3 Å². The lowest BCUT2D eigenvalue weighted by Crippen LogP contribution is -2.49. The number of carbonyl (C=O) groups is 2. The van der Waals surface area contributed by atoms with Gasteiger partial charge in [0.2, 0.25) is 0 Å². The Hall–Kier alpha value is -1.76. The Labute approximate surface area is 127 Å². The predicted octanol–water partition coefficient (Wildman–Crippen LogP) is 1.84. The van der Waals surface area contributed by atoms with Gasteiger partial charge < -0.3 is 10.4 Å². The first-order valence-electron chi connectivity index (χ1n) is 6.85. The van der Waals surface area contributed by atoms with Gasteiger partial charge in [-0.2, -0.15) is 0 Å². The minimum Gasteiger partial charge on any atom is -0.480 e. The molecular weight excluding hydrogens is 290 g/mol. The largest absolute Gasteiger partial charge is 0.480 e. The molecule has 0 spiro atoms. The van der Waals surface area contributed by atoms with Crippen molar-refractivity contribution in [3.63, 3.8) is 0 Å². The normalized spacial score (nSPS) is 21.3. The molecule has 1 aromatic rings. The monoisotopic (exact) mass is 309 g/mol. The highest BCUT2D eigenvalue weighted by Gasteiger charge is 2.40. The second-order valence-electron chi connectivity index (χ2n) is 4.88. The van der Waals surface area contributed by atoms with E-state index in [4.69, 9.17) is 0 Å². The molecule has 2 atom stereocenters. The fraction of sp³-hybridized carbons (Fsp3) is 0.500. The highest BCUT2D eigenvalue weighted by atomic mass is 32.2. The Balaban J connectivity index is 2.04. The number of aromatic nitrogens is 1. The van der Waals surface area contributed by atoms with Gasteiger partial charge >= 0.3 is 12.0 Å². The van der Waals surface area contributed by atoms with Crippen molar-refractivity contribution in [2.45, 2.75) is 38.2 Å². The maximum absolute atomic E-state index is 12.3. The Kier molecular flexibility index (Phi) is 5.06. The highest BCUT2D eigenvalue weighted by Crippen LogP contribution is 2.31. The Morgan fingerprint density at radius 3 is 2.95 bits per heavy atom. The third-order valence-electron chi connectivity index (χ3n) is 3.49. The van der Waals surface area contributed by atoms with Crippen LogP contribution in [0.25, 0.3) is 0 Å². The molecule has 21 heavy (non-hydrogen) atoms. The minimum atomic E-state index is -0.956. The van der Waals surface area contributed by atoms with Crippen LogP contribution in [0.5, 0.6) is 0 Å². The summed E-state index contributed by atoms with van der Waals surface area (Å²) in [5.41, 5.74) is 1.79. The van der Waals surface area contributed by atoms with E-state index in [0.717, 1.165) is 17.7 Å². The second kappa shape index (κ2) is 6.80. The van der Waals surface area contributed by atoms with Gasteiger partial charge in [-0.3, -0.25) is 9.88 Å². The van der Waals surface area contributed by atoms with Crippen LogP contribution in [0.4, 0.5) is 4.79 Å². The highest BCUT2D eigenvalue weighted by molar-refractivity contribution is 8.00. The SMILES string of the molecule is CCC1SCC(C(=O)O)N1C(=O)NCc1ncccc1C. The third kappa shape index (κ3) is 3.47. The van der Waals surface area contributed by atoms with E-state index >= 15 is 0 Å². The molecule has 2 unspecified atom stereocenters. The lowest BCUT2D eigenvalue weighted by atomic mass is 10.2. The number of hydrogen-bond acceptors (Lipinski definition) is 4. The molecule has 0 saturated carbocycles. The van der Waals surface area contributed by atoms with Crippen molar-refractivity contribution in [1.29, 1.82) is 0 Å². The van der Waals surface area contributed by atoms with Gasteiger partial charge in [-0.15, -0.1) is 11.8 Å². The number of carboxylic acid groups (broad SMARTS) is 1. The van der Waals surface area contributed by atoms with Crippen LogP contribution in [0.2, 0.25) is 0 Å². The molecule has 1 fully saturated rings. The maximum Gasteiger partial charge on any atom is 0.327 e. The van der Waals surface area contributed by atoms with Crippen molar-refractivity contribution in [2.75, 3.05) is 5.75 Å². The molecule has 1 saturated heterocycles. The Bertz CT molecular complexity index is 538. The Morgan fingerprint density at radius 2 is 2.33 bits per heavy atom. The average Bonchev–Trinajstić information content (AvgIpc) is 2.90. The van der Waals surface area contributed by atoms with Gasteiger partial charge in [0, 0.05) is 11.9 Å². The summed E-state index contributed by atoms with van der Waals surface area (Å²) in [5, 5.41) is 11.9. The quantitative estimate of drug-likeness (QED) is 0.887. The zero-order valence-corrected chi connectivity index (χ0v) is 12.9. The number of hydrogen-bond donors (Lipinski definition) is 2. The van der Waals surface area contributed by atoms with Crippen molar-refractivity contribution >= 4 is 23.8 Å². The number of nitrogens with one attached hydrogen (secondary N) is 1. The van der Waals surface area contributed by atoms with E-state index in [2.05, 4.69) is 10.3 Å². The van der Waals surface area contributed by atoms with Crippen LogP contribution in [0.1, 0.15) is 24.6 Å². The van der Waals surface area contributed by atoms with E-state index in [0.29, 0.717) is 12.3 Å². The molecule has 2 heterocycles. The number of carbonyl (C=O) groups excluding carboxylic acids is 1. The van der Waals surface area contributed by atoms with Gasteiger partial charge in [-0.1, -0.05) is 13.0 Å². The van der Waals surface area contributed by atoms with Crippen molar-refractivity contribution in [1.82, 2.24) is 15.2 Å². The maximum atomic E-state index is 12.3. The molecular formula is C14H19N3O3S. The molecule has 6 nitrogen and oxygen atoms in total. The fourth-order valence-electron chi connectivity index (χ4n) is 2.29. The summed E-state index contributed by atoms with van der Waals surface area (Å²) in [7, 11) is 0. The van der Waals surface area contributed by atoms with E-state index in [9.17, 15) is 14.7 Å². The number of aryl methyl sites for hydroxylation is 1. The number of pyridine rings is 1. The first-order valence-corrected chi connectivity index (χ1v) is 7.90. The molecule has 0 aliphatic carbocycles. The van der Waals surface area contributed by atoms with Gasteiger partial charge in [-0.05, 0) is 25.0 Å². The fourth-order valence-corrected chi connectivity index (χ4v) is 3.64. The van der Waals surface area contributed by atoms with Crippen LogP contribution >= 0.6 is 11.8 Å². The summed E-state index contributed by atoms with van der Waals surface area (Å²) >= 11 is 1.51. The number of carboxylic acids is 1. The summed E-state index contributed by atoms with van der Waals surface area (Å²) in [6.07, 6.45) is 2.40. The molecule has 2 rings (SSSR count). The van der Waals surface area contributed by atoms with Gasteiger partial charge in [-0.25, -0.2) is 9.59 Å². The van der Waals surface area contributed by atoms with Crippen molar-refractivity contribution in [3.8, 4) is 0 Å². The summed E-state index contributed by atoms with van der Waals surface area (Å²) in [5.74, 6) is -0.522. The van der Waals surface area contributed by atoms with Crippen LogP contribution in [0, 0.1) is 6.92 Å². The summed E-state index contributed by atoms with van der Waals surface area (Å²) < 4.78 is 0. The molecule has 1 aromatic heterocycles. The number of thioether (sulfide) groups is 1. The summed E-state index contributed by atoms with van der Waals surface area (Å²) in [6.45, 7) is 4.18. The van der Waals surface area contributed by atoms with Crippen LogP contribution in [0.3, 0.4) is 0 Å². The second-order valence-corrected chi connectivity index (χ2v) is 6.09. The van der Waals surface area contributed by atoms with E-state index in [1.807, 2.05) is 26.0 Å². The molecule has 1 aliphatic heterocycles. The van der Waals surface area contributed by atoms with E-state index < -0.39 is 12.0 Å². The standard InChI is InChI=1S/C14H19N3O3S/c1-3-12-17(11(8-21-12)13(18)19)14(20)16-7-10-9(2)5-4-6-15-10/h4-6,11-12H,3,7-8H2,1-2H3,(H,16,20)(H,18,19). The lowest BCUT2D eigenvalue weighted by molar-refractivity contribution is -0.141. The molecule has 0 radical (unpaired) electrons.